The third kappa shape index (κ3) is 4.59. The van der Waals surface area contributed by atoms with Gasteiger partial charge in [0.1, 0.15) is 23.7 Å². The first-order valence-electron chi connectivity index (χ1n) is 9.98. The highest BCUT2D eigenvalue weighted by molar-refractivity contribution is 6.18. The zero-order chi connectivity index (χ0) is 22.5. The standard InChI is InChI=1S/C24H22N4O4/c1-31-18-9-5-16(6-10-18)21-14-23(30)28(24-20(27-21)4-3-13-25-24)15-22(29)26-17-7-11-19(32-2)12-8-17/h3-13H,14-15H2,1-2H3,(H,26,29). The number of carbonyl (C=O) groups is 2. The number of aliphatic imine (C=N–C) groups is 1. The molecule has 0 fully saturated rings. The second-order valence-electron chi connectivity index (χ2n) is 7.07. The van der Waals surface area contributed by atoms with Gasteiger partial charge in [-0.3, -0.25) is 14.5 Å². The molecule has 8 nitrogen and oxygen atoms in total. The normalized spacial score (nSPS) is 13.0. The fourth-order valence-corrected chi connectivity index (χ4v) is 3.36. The lowest BCUT2D eigenvalue weighted by molar-refractivity contribution is -0.120. The number of anilines is 2. The predicted molar refractivity (Wildman–Crippen MR) is 122 cm³/mol. The van der Waals surface area contributed by atoms with E-state index in [1.807, 2.05) is 24.3 Å². The molecule has 1 N–H and O–H groups in total. The van der Waals surface area contributed by atoms with Gasteiger partial charge in [-0.1, -0.05) is 0 Å². The Kier molecular flexibility index (Phi) is 6.12. The minimum atomic E-state index is -0.340. The van der Waals surface area contributed by atoms with Gasteiger partial charge in [-0.15, -0.1) is 0 Å². The van der Waals surface area contributed by atoms with E-state index in [2.05, 4.69) is 15.3 Å². The number of nitrogens with one attached hydrogen (secondary N) is 1. The van der Waals surface area contributed by atoms with E-state index in [1.165, 1.54) is 4.90 Å². The van der Waals surface area contributed by atoms with Gasteiger partial charge in [-0.25, -0.2) is 9.98 Å². The van der Waals surface area contributed by atoms with Crippen molar-refractivity contribution in [3.63, 3.8) is 0 Å². The molecule has 1 aromatic heterocycles. The lowest BCUT2D eigenvalue weighted by atomic mass is 10.1. The number of hydrogen-bond donors (Lipinski definition) is 1. The Balaban J connectivity index is 1.56. The van der Waals surface area contributed by atoms with Crippen LogP contribution in [0.25, 0.3) is 0 Å². The van der Waals surface area contributed by atoms with Gasteiger partial charge >= 0.3 is 0 Å². The highest BCUT2D eigenvalue weighted by Gasteiger charge is 2.27. The van der Waals surface area contributed by atoms with Gasteiger partial charge in [0.15, 0.2) is 5.82 Å². The van der Waals surface area contributed by atoms with Gasteiger partial charge in [-0.05, 0) is 66.2 Å². The molecule has 1 aliphatic heterocycles. The molecule has 2 heterocycles. The maximum atomic E-state index is 13.1. The van der Waals surface area contributed by atoms with Crippen molar-refractivity contribution in [3.05, 3.63) is 72.4 Å². The average molecular weight is 430 g/mol. The molecular weight excluding hydrogens is 408 g/mol. The Morgan fingerprint density at radius 2 is 1.66 bits per heavy atom. The number of aromatic nitrogens is 1. The summed E-state index contributed by atoms with van der Waals surface area (Å²) in [5.41, 5.74) is 2.54. The molecule has 8 heteroatoms. The average Bonchev–Trinajstić information content (AvgIpc) is 2.96. The van der Waals surface area contributed by atoms with Crippen LogP contribution in [0.5, 0.6) is 11.5 Å². The van der Waals surface area contributed by atoms with Crippen LogP contribution in [-0.4, -0.2) is 43.3 Å². The van der Waals surface area contributed by atoms with Gasteiger partial charge in [0, 0.05) is 11.9 Å². The third-order valence-corrected chi connectivity index (χ3v) is 5.00. The molecule has 162 valence electrons. The summed E-state index contributed by atoms with van der Waals surface area (Å²) in [5, 5.41) is 2.80. The van der Waals surface area contributed by atoms with Gasteiger partial charge < -0.3 is 14.8 Å². The summed E-state index contributed by atoms with van der Waals surface area (Å²) in [5.74, 6) is 1.15. The van der Waals surface area contributed by atoms with E-state index in [-0.39, 0.29) is 24.8 Å². The number of nitrogens with zero attached hydrogens (tertiary/aromatic N) is 3. The number of rotatable bonds is 6. The number of amides is 2. The summed E-state index contributed by atoms with van der Waals surface area (Å²) in [6.07, 6.45) is 1.62. The first-order valence-corrected chi connectivity index (χ1v) is 9.98. The fourth-order valence-electron chi connectivity index (χ4n) is 3.36. The number of pyridine rings is 1. The molecule has 4 rings (SSSR count). The van der Waals surface area contributed by atoms with Crippen LogP contribution in [0.2, 0.25) is 0 Å². The predicted octanol–water partition coefficient (Wildman–Crippen LogP) is 3.60. The first kappa shape index (κ1) is 21.0. The minimum Gasteiger partial charge on any atom is -0.497 e. The minimum absolute atomic E-state index is 0.0402. The van der Waals surface area contributed by atoms with Crippen LogP contribution in [-0.2, 0) is 9.59 Å². The highest BCUT2D eigenvalue weighted by atomic mass is 16.5. The number of ether oxygens (including phenoxy) is 2. The molecule has 0 saturated heterocycles. The Morgan fingerprint density at radius 1 is 1.00 bits per heavy atom. The summed E-state index contributed by atoms with van der Waals surface area (Å²) in [7, 11) is 3.17. The zero-order valence-corrected chi connectivity index (χ0v) is 17.7. The molecule has 0 unspecified atom stereocenters. The lowest BCUT2D eigenvalue weighted by Gasteiger charge is -2.20. The van der Waals surface area contributed by atoms with Crippen molar-refractivity contribution < 1.29 is 19.1 Å². The highest BCUT2D eigenvalue weighted by Crippen LogP contribution is 2.31. The number of methoxy groups -OCH3 is 2. The van der Waals surface area contributed by atoms with Crippen molar-refractivity contribution in [1.82, 2.24) is 4.98 Å². The van der Waals surface area contributed by atoms with Gasteiger partial charge in [-0.2, -0.15) is 0 Å². The zero-order valence-electron chi connectivity index (χ0n) is 17.7. The molecule has 0 atom stereocenters. The Hall–Kier alpha value is -4.20. The maximum absolute atomic E-state index is 13.1. The van der Waals surface area contributed by atoms with E-state index < -0.39 is 0 Å². The fraction of sp³-hybridized carbons (Fsp3) is 0.167. The molecule has 0 saturated carbocycles. The molecule has 2 aromatic carbocycles. The van der Waals surface area contributed by atoms with E-state index in [4.69, 9.17) is 9.47 Å². The third-order valence-electron chi connectivity index (χ3n) is 5.00. The smallest absolute Gasteiger partial charge is 0.244 e. The second-order valence-corrected chi connectivity index (χ2v) is 7.07. The van der Waals surface area contributed by atoms with Crippen molar-refractivity contribution in [2.75, 3.05) is 31.0 Å². The number of hydrogen-bond acceptors (Lipinski definition) is 6. The van der Waals surface area contributed by atoms with Crippen LogP contribution < -0.4 is 19.7 Å². The van der Waals surface area contributed by atoms with Crippen LogP contribution >= 0.6 is 0 Å². The van der Waals surface area contributed by atoms with Crippen molar-refractivity contribution in [3.8, 4) is 11.5 Å². The Bertz CT molecular complexity index is 1160. The molecular formula is C24H22N4O4. The topological polar surface area (TPSA) is 93.1 Å². The van der Waals surface area contributed by atoms with E-state index >= 15 is 0 Å². The largest absolute Gasteiger partial charge is 0.497 e. The number of fused-ring (bicyclic) bond motifs is 1. The monoisotopic (exact) mass is 430 g/mol. The summed E-state index contributed by atoms with van der Waals surface area (Å²) in [6, 6.07) is 17.8. The van der Waals surface area contributed by atoms with Crippen molar-refractivity contribution in [2.24, 2.45) is 4.99 Å². The molecule has 1 aliphatic rings. The van der Waals surface area contributed by atoms with Gasteiger partial charge in [0.05, 0.1) is 26.4 Å². The van der Waals surface area contributed by atoms with Crippen LogP contribution in [0.15, 0.2) is 71.9 Å². The molecule has 32 heavy (non-hydrogen) atoms. The molecule has 0 spiro atoms. The van der Waals surface area contributed by atoms with Crippen LogP contribution in [0, 0.1) is 0 Å². The quantitative estimate of drug-likeness (QED) is 0.645. The summed E-state index contributed by atoms with van der Waals surface area (Å²) in [4.78, 5) is 36.2. The Labute approximate surface area is 185 Å². The second kappa shape index (κ2) is 9.30. The van der Waals surface area contributed by atoms with Gasteiger partial charge in [0.25, 0.3) is 0 Å². The van der Waals surface area contributed by atoms with Gasteiger partial charge in [0.2, 0.25) is 11.8 Å². The van der Waals surface area contributed by atoms with E-state index in [9.17, 15) is 9.59 Å². The molecule has 2 amide bonds. The molecule has 0 radical (unpaired) electrons. The maximum Gasteiger partial charge on any atom is 0.244 e. The molecule has 0 bridgehead atoms. The molecule has 0 aliphatic carbocycles. The first-order chi connectivity index (χ1) is 15.6. The number of benzene rings is 2. The van der Waals surface area contributed by atoms with Crippen LogP contribution in [0.3, 0.4) is 0 Å². The van der Waals surface area contributed by atoms with E-state index in [0.717, 1.165) is 5.56 Å². The van der Waals surface area contributed by atoms with Crippen molar-refractivity contribution >= 4 is 34.7 Å². The van der Waals surface area contributed by atoms with Crippen LogP contribution in [0.1, 0.15) is 12.0 Å². The van der Waals surface area contributed by atoms with Crippen LogP contribution in [0.4, 0.5) is 17.2 Å². The van der Waals surface area contributed by atoms with E-state index in [1.54, 1.807) is 56.8 Å². The van der Waals surface area contributed by atoms with E-state index in [0.29, 0.717) is 34.4 Å². The summed E-state index contributed by atoms with van der Waals surface area (Å²) in [6.45, 7) is -0.180. The Morgan fingerprint density at radius 3 is 2.31 bits per heavy atom. The number of carbonyl (C=O) groups excluding carboxylic acids is 2. The molecule has 3 aromatic rings. The lowest BCUT2D eigenvalue weighted by Crippen LogP contribution is -2.38. The van der Waals surface area contributed by atoms with Crippen molar-refractivity contribution in [2.45, 2.75) is 6.42 Å². The SMILES string of the molecule is COc1ccc(NC(=O)CN2C(=O)CC(c3ccc(OC)cc3)=Nc3cccnc32)cc1. The summed E-state index contributed by atoms with van der Waals surface area (Å²) < 4.78 is 10.3. The van der Waals surface area contributed by atoms with Crippen molar-refractivity contribution in [1.29, 1.82) is 0 Å². The summed E-state index contributed by atoms with van der Waals surface area (Å²) >= 11 is 0.